The number of fused-ring (bicyclic) bond motifs is 5. The molecule has 4 aliphatic carbocycles. The second-order valence-electron chi connectivity index (χ2n) is 14.5. The number of esters is 1. The molecule has 0 N–H and O–H groups in total. The molecule has 2 aromatic rings. The fourth-order valence-corrected chi connectivity index (χ4v) is 10.6. The van der Waals surface area contributed by atoms with Crippen LogP contribution in [0.2, 0.25) is 0 Å². The summed E-state index contributed by atoms with van der Waals surface area (Å²) in [4.78, 5) is 11.6. The van der Waals surface area contributed by atoms with Crippen molar-refractivity contribution in [2.24, 2.45) is 46.3 Å². The fraction of sp³-hybridized carbons (Fsp3) is 0.605. The molecule has 0 saturated heterocycles. The first-order valence-corrected chi connectivity index (χ1v) is 16.3. The van der Waals surface area contributed by atoms with Gasteiger partial charge < -0.3 is 4.74 Å². The SMILES string of the molecule is CC(=O)O[C@@H]1CC[C@@]2(C)[C@H](CC[C@H]3[C@H]2CC[C@@]2(C)[C@@H]3CC[C@H]2[C@H](C)CC=C(c2ccccc2)c2ccccc2)C1. The number of ether oxygens (including phenoxy) is 1. The summed E-state index contributed by atoms with van der Waals surface area (Å²) in [5, 5.41) is 0. The molecule has 0 unspecified atom stereocenters. The van der Waals surface area contributed by atoms with E-state index in [1.54, 1.807) is 6.92 Å². The van der Waals surface area contributed by atoms with E-state index in [9.17, 15) is 4.79 Å². The van der Waals surface area contributed by atoms with E-state index in [4.69, 9.17) is 4.74 Å². The van der Waals surface area contributed by atoms with Crippen molar-refractivity contribution in [2.45, 2.75) is 98.0 Å². The molecule has 0 spiro atoms. The lowest BCUT2D eigenvalue weighted by molar-refractivity contribution is -0.160. The summed E-state index contributed by atoms with van der Waals surface area (Å²) in [6.45, 7) is 9.43. The van der Waals surface area contributed by atoms with Crippen LogP contribution in [0.15, 0.2) is 66.7 Å². The third kappa shape index (κ3) is 4.99. The zero-order valence-corrected chi connectivity index (χ0v) is 25.3. The van der Waals surface area contributed by atoms with Crippen LogP contribution in [-0.4, -0.2) is 12.1 Å². The van der Waals surface area contributed by atoms with Crippen LogP contribution in [0.4, 0.5) is 0 Å². The summed E-state index contributed by atoms with van der Waals surface area (Å²) in [7, 11) is 0. The third-order valence-electron chi connectivity index (χ3n) is 12.6. The van der Waals surface area contributed by atoms with E-state index < -0.39 is 0 Å². The smallest absolute Gasteiger partial charge is 0.302 e. The molecule has 0 aliphatic heterocycles. The Hall–Kier alpha value is -2.35. The summed E-state index contributed by atoms with van der Waals surface area (Å²) >= 11 is 0. The average Bonchev–Trinajstić information content (AvgIpc) is 3.31. The molecule has 4 saturated carbocycles. The zero-order valence-electron chi connectivity index (χ0n) is 25.3. The van der Waals surface area contributed by atoms with Crippen molar-refractivity contribution in [3.63, 3.8) is 0 Å². The van der Waals surface area contributed by atoms with Gasteiger partial charge in [0.1, 0.15) is 6.10 Å². The van der Waals surface area contributed by atoms with Crippen LogP contribution in [0.3, 0.4) is 0 Å². The number of hydrogen-bond donors (Lipinski definition) is 0. The Morgan fingerprint density at radius 1 is 0.850 bits per heavy atom. The molecular weight excluding hydrogens is 488 g/mol. The summed E-state index contributed by atoms with van der Waals surface area (Å²) in [5.74, 6) is 4.77. The van der Waals surface area contributed by atoms with Gasteiger partial charge in [0.15, 0.2) is 0 Å². The van der Waals surface area contributed by atoms with Gasteiger partial charge in [0.2, 0.25) is 0 Å². The van der Waals surface area contributed by atoms with Gasteiger partial charge in [0.05, 0.1) is 0 Å². The van der Waals surface area contributed by atoms with E-state index in [1.165, 1.54) is 61.6 Å². The Morgan fingerprint density at radius 3 is 2.12 bits per heavy atom. The number of benzene rings is 2. The van der Waals surface area contributed by atoms with Crippen LogP contribution < -0.4 is 0 Å². The molecule has 4 fully saturated rings. The van der Waals surface area contributed by atoms with Gasteiger partial charge >= 0.3 is 5.97 Å². The highest BCUT2D eigenvalue weighted by Crippen LogP contribution is 2.68. The summed E-state index contributed by atoms with van der Waals surface area (Å²) in [6, 6.07) is 21.9. The Kier molecular flexibility index (Phi) is 7.75. The van der Waals surface area contributed by atoms with Crippen molar-refractivity contribution in [3.8, 4) is 0 Å². The first kappa shape index (κ1) is 27.8. The largest absolute Gasteiger partial charge is 0.463 e. The maximum Gasteiger partial charge on any atom is 0.302 e. The van der Waals surface area contributed by atoms with Gasteiger partial charge in [-0.05, 0) is 127 Å². The molecule has 6 rings (SSSR count). The van der Waals surface area contributed by atoms with Crippen molar-refractivity contribution in [1.29, 1.82) is 0 Å². The Morgan fingerprint density at radius 2 is 1.48 bits per heavy atom. The van der Waals surface area contributed by atoms with E-state index in [0.717, 1.165) is 48.9 Å². The van der Waals surface area contributed by atoms with Crippen LogP contribution in [-0.2, 0) is 9.53 Å². The minimum atomic E-state index is -0.101. The van der Waals surface area contributed by atoms with E-state index >= 15 is 0 Å². The lowest BCUT2D eigenvalue weighted by atomic mass is 9.44. The molecule has 2 aromatic carbocycles. The fourth-order valence-electron chi connectivity index (χ4n) is 10.6. The van der Waals surface area contributed by atoms with Crippen LogP contribution in [0.5, 0.6) is 0 Å². The highest BCUT2D eigenvalue weighted by Gasteiger charge is 2.60. The highest BCUT2D eigenvalue weighted by molar-refractivity contribution is 5.79. The van der Waals surface area contributed by atoms with Crippen LogP contribution in [0, 0.1) is 46.3 Å². The topological polar surface area (TPSA) is 26.3 Å². The average molecular weight is 539 g/mol. The molecule has 40 heavy (non-hydrogen) atoms. The summed E-state index contributed by atoms with van der Waals surface area (Å²) in [5.41, 5.74) is 4.95. The van der Waals surface area contributed by atoms with Gasteiger partial charge in [-0.2, -0.15) is 0 Å². The predicted molar refractivity (Wildman–Crippen MR) is 165 cm³/mol. The van der Waals surface area contributed by atoms with Crippen LogP contribution in [0.25, 0.3) is 5.57 Å². The molecule has 214 valence electrons. The van der Waals surface area contributed by atoms with Crippen molar-refractivity contribution >= 4 is 11.5 Å². The highest BCUT2D eigenvalue weighted by atomic mass is 16.5. The molecule has 0 amide bonds. The first-order chi connectivity index (χ1) is 19.3. The van der Waals surface area contributed by atoms with Crippen molar-refractivity contribution in [1.82, 2.24) is 0 Å². The van der Waals surface area contributed by atoms with Gasteiger partial charge in [0.25, 0.3) is 0 Å². The zero-order chi connectivity index (χ0) is 27.9. The Bertz CT molecular complexity index is 1160. The Labute approximate surface area is 243 Å². The number of hydrogen-bond acceptors (Lipinski definition) is 2. The Balaban J connectivity index is 1.18. The summed E-state index contributed by atoms with van der Waals surface area (Å²) < 4.78 is 5.70. The van der Waals surface area contributed by atoms with Crippen LogP contribution in [0.1, 0.15) is 103 Å². The molecule has 0 bridgehead atoms. The number of carbonyl (C=O) groups is 1. The maximum absolute atomic E-state index is 11.6. The van der Waals surface area contributed by atoms with Gasteiger partial charge in [0, 0.05) is 6.92 Å². The van der Waals surface area contributed by atoms with Crippen LogP contribution >= 0.6 is 0 Å². The quantitative estimate of drug-likeness (QED) is 0.342. The van der Waals surface area contributed by atoms with Crippen molar-refractivity contribution < 1.29 is 9.53 Å². The predicted octanol–water partition coefficient (Wildman–Crippen LogP) is 9.74. The summed E-state index contributed by atoms with van der Waals surface area (Å²) in [6.07, 6.45) is 15.6. The molecule has 9 atom stereocenters. The first-order valence-electron chi connectivity index (χ1n) is 16.3. The van der Waals surface area contributed by atoms with Gasteiger partial charge in [-0.1, -0.05) is 87.5 Å². The molecule has 0 radical (unpaired) electrons. The van der Waals surface area contributed by atoms with E-state index in [-0.39, 0.29) is 12.1 Å². The molecular formula is C38H50O2. The van der Waals surface area contributed by atoms with E-state index in [2.05, 4.69) is 87.5 Å². The lowest BCUT2D eigenvalue weighted by Crippen LogP contribution is -2.54. The third-order valence-corrected chi connectivity index (χ3v) is 12.6. The monoisotopic (exact) mass is 538 g/mol. The molecule has 2 nitrogen and oxygen atoms in total. The molecule has 2 heteroatoms. The number of allylic oxidation sites excluding steroid dienone is 1. The van der Waals surface area contributed by atoms with Gasteiger partial charge in [-0.3, -0.25) is 4.79 Å². The molecule has 0 heterocycles. The van der Waals surface area contributed by atoms with Crippen molar-refractivity contribution in [3.05, 3.63) is 77.9 Å². The van der Waals surface area contributed by atoms with Crippen molar-refractivity contribution in [2.75, 3.05) is 0 Å². The maximum atomic E-state index is 11.6. The number of carbonyl (C=O) groups excluding carboxylic acids is 1. The van der Waals surface area contributed by atoms with E-state index in [0.29, 0.717) is 16.7 Å². The standard InChI is InChI=1S/C38H50O2/c1-26(15-17-32(28-11-7-5-8-12-28)29-13-9-6-10-14-29)34-19-20-35-33-18-16-30-25-31(40-27(2)39)21-23-37(30,3)36(33)22-24-38(34,35)4/h5-14,17,26,30-31,33-36H,15-16,18-25H2,1-4H3/t26-,30-,31-,33-,34+,35-,36-,37+,38-/m1/s1. The van der Waals surface area contributed by atoms with Gasteiger partial charge in [-0.25, -0.2) is 0 Å². The second kappa shape index (κ2) is 11.1. The number of rotatable bonds is 6. The minimum Gasteiger partial charge on any atom is -0.463 e. The molecule has 0 aromatic heterocycles. The van der Waals surface area contributed by atoms with E-state index in [1.807, 2.05) is 0 Å². The second-order valence-corrected chi connectivity index (χ2v) is 14.5. The normalized spacial score (nSPS) is 37.4. The molecule has 4 aliphatic rings. The minimum absolute atomic E-state index is 0.101. The van der Waals surface area contributed by atoms with Gasteiger partial charge in [-0.15, -0.1) is 0 Å². The lowest BCUT2D eigenvalue weighted by Gasteiger charge is -2.61.